The Kier molecular flexibility index (Phi) is 17.1. The molecule has 14 N–H and O–H groups in total. The molecule has 0 spiro atoms. The van der Waals surface area contributed by atoms with E-state index in [4.69, 9.17) is 27.4 Å². The fourth-order valence-electron chi connectivity index (χ4n) is 3.46. The van der Waals surface area contributed by atoms with Gasteiger partial charge in [-0.05, 0) is 32.2 Å². The van der Waals surface area contributed by atoms with Gasteiger partial charge >= 0.3 is 23.9 Å². The summed E-state index contributed by atoms with van der Waals surface area (Å²) >= 11 is 0. The van der Waals surface area contributed by atoms with Crippen molar-refractivity contribution < 1.29 is 63.6 Å². The Morgan fingerprint density at radius 2 is 1.02 bits per heavy atom. The first-order chi connectivity index (χ1) is 20.0. The Balaban J connectivity index is 5.91. The summed E-state index contributed by atoms with van der Waals surface area (Å²) in [5.41, 5.74) is 16.1. The average molecular weight is 620 g/mol. The number of primary amides is 1. The fraction of sp³-hybridized carbons (Fsp3) is 0.609. The highest BCUT2D eigenvalue weighted by atomic mass is 16.4. The number of hydrogen-bond donors (Lipinski definition) is 11. The number of carbonyl (C=O) groups excluding carboxylic acids is 5. The lowest BCUT2D eigenvalue weighted by molar-refractivity contribution is -0.144. The van der Waals surface area contributed by atoms with Gasteiger partial charge in [-0.1, -0.05) is 0 Å². The second-order valence-corrected chi connectivity index (χ2v) is 9.27. The minimum Gasteiger partial charge on any atom is -0.481 e. The molecule has 0 aliphatic heterocycles. The minimum atomic E-state index is -1.95. The number of carboxylic acids is 4. The van der Waals surface area contributed by atoms with Gasteiger partial charge in [0.15, 0.2) is 0 Å². The van der Waals surface area contributed by atoms with Gasteiger partial charge in [0.05, 0.1) is 25.3 Å². The van der Waals surface area contributed by atoms with E-state index in [-0.39, 0.29) is 19.4 Å². The van der Waals surface area contributed by atoms with Crippen LogP contribution in [0.25, 0.3) is 0 Å². The van der Waals surface area contributed by atoms with Crippen LogP contribution in [0, 0.1) is 0 Å². The molecule has 0 aromatic heterocycles. The van der Waals surface area contributed by atoms with Crippen molar-refractivity contribution in [3.8, 4) is 0 Å². The molecule has 5 amide bonds. The highest BCUT2D eigenvalue weighted by molar-refractivity contribution is 5.98. The minimum absolute atomic E-state index is 0.0591. The molecule has 43 heavy (non-hydrogen) atoms. The maximum Gasteiger partial charge on any atom is 0.326 e. The lowest BCUT2D eigenvalue weighted by Gasteiger charge is -2.25. The number of hydrogen-bond acceptors (Lipinski definition) is 11. The van der Waals surface area contributed by atoms with Crippen molar-refractivity contribution in [2.24, 2.45) is 17.2 Å². The molecule has 0 unspecified atom stereocenters. The van der Waals surface area contributed by atoms with Crippen molar-refractivity contribution in [1.29, 1.82) is 0 Å². The van der Waals surface area contributed by atoms with Crippen LogP contribution in [0.1, 0.15) is 51.4 Å². The first-order valence-electron chi connectivity index (χ1n) is 12.8. The monoisotopic (exact) mass is 619 g/mol. The molecule has 0 saturated heterocycles. The zero-order chi connectivity index (χ0) is 33.3. The standard InChI is InChI=1S/C23H37N7O13/c24-6-2-1-3-11(27-19(38)10(25)7-17(34)35)20(39)29-13(8-15(26)31)21(40)30-14(9-18(36)37)22(41)28-12(23(42)43)4-5-16(32)33/h10-14H,1-9,24-25H2,(H2,26,31)(H,27,38)(H,28,41)(H,29,39)(H,30,40)(H,32,33)(H,34,35)(H,36,37)(H,42,43)/t10-,11-,12-,13-,14-/m0/s1. The molecule has 0 aliphatic rings. The molecule has 5 atom stereocenters. The molecule has 0 bridgehead atoms. The predicted octanol–water partition coefficient (Wildman–Crippen LogP) is -4.84. The van der Waals surface area contributed by atoms with Crippen molar-refractivity contribution in [1.82, 2.24) is 21.3 Å². The van der Waals surface area contributed by atoms with E-state index >= 15 is 0 Å². The summed E-state index contributed by atoms with van der Waals surface area (Å²) in [6, 6.07) is -8.46. The van der Waals surface area contributed by atoms with Crippen molar-refractivity contribution in [3.05, 3.63) is 0 Å². The second-order valence-electron chi connectivity index (χ2n) is 9.27. The summed E-state index contributed by atoms with van der Waals surface area (Å²) in [5.74, 6) is -11.8. The van der Waals surface area contributed by atoms with E-state index in [0.717, 1.165) is 0 Å². The van der Waals surface area contributed by atoms with Gasteiger partial charge in [0.2, 0.25) is 29.5 Å². The summed E-state index contributed by atoms with van der Waals surface area (Å²) < 4.78 is 0. The van der Waals surface area contributed by atoms with Gasteiger partial charge in [0.1, 0.15) is 24.2 Å². The number of nitrogens with one attached hydrogen (secondary N) is 4. The summed E-state index contributed by atoms with van der Waals surface area (Å²) in [6.45, 7) is 0.222. The SMILES string of the molecule is NCCCC[C@H](NC(=O)[C@@H](N)CC(=O)O)C(=O)N[C@@H](CC(N)=O)C(=O)N[C@@H](CC(=O)O)C(=O)N[C@@H](CCC(=O)O)C(=O)O. The zero-order valence-electron chi connectivity index (χ0n) is 22.9. The molecule has 0 aromatic rings. The quantitative estimate of drug-likeness (QED) is 0.0506. The molecule has 0 aliphatic carbocycles. The van der Waals surface area contributed by atoms with Crippen LogP contribution in [-0.4, -0.2) is 111 Å². The van der Waals surface area contributed by atoms with Crippen LogP contribution in [0.3, 0.4) is 0 Å². The number of amides is 5. The number of carboxylic acid groups (broad SMARTS) is 4. The van der Waals surface area contributed by atoms with Crippen LogP contribution < -0.4 is 38.5 Å². The van der Waals surface area contributed by atoms with Gasteiger partial charge in [-0.2, -0.15) is 0 Å². The molecule has 242 valence electrons. The van der Waals surface area contributed by atoms with Gasteiger partial charge in [-0.15, -0.1) is 0 Å². The molecule has 0 aromatic carbocycles. The highest BCUT2D eigenvalue weighted by Gasteiger charge is 2.33. The Morgan fingerprint density at radius 1 is 0.558 bits per heavy atom. The maximum atomic E-state index is 13.0. The van der Waals surface area contributed by atoms with Crippen LogP contribution in [0.2, 0.25) is 0 Å². The zero-order valence-corrected chi connectivity index (χ0v) is 22.9. The molecule has 0 heterocycles. The van der Waals surface area contributed by atoms with E-state index in [1.54, 1.807) is 0 Å². The predicted molar refractivity (Wildman–Crippen MR) is 141 cm³/mol. The van der Waals surface area contributed by atoms with Crippen LogP contribution in [0.5, 0.6) is 0 Å². The number of nitrogens with two attached hydrogens (primary N) is 3. The Hall–Kier alpha value is -4.85. The van der Waals surface area contributed by atoms with Gasteiger partial charge in [0.25, 0.3) is 0 Å². The average Bonchev–Trinajstić information content (AvgIpc) is 2.88. The van der Waals surface area contributed by atoms with Gasteiger partial charge in [-0.3, -0.25) is 38.4 Å². The van der Waals surface area contributed by atoms with Gasteiger partial charge in [-0.25, -0.2) is 4.79 Å². The fourth-order valence-corrected chi connectivity index (χ4v) is 3.46. The molecule has 20 heteroatoms. The second kappa shape index (κ2) is 19.3. The Morgan fingerprint density at radius 3 is 1.47 bits per heavy atom. The normalized spacial score (nSPS) is 14.1. The van der Waals surface area contributed by atoms with Crippen LogP contribution in [-0.2, 0) is 43.2 Å². The smallest absolute Gasteiger partial charge is 0.326 e. The third-order valence-electron chi connectivity index (χ3n) is 5.62. The Bertz CT molecular complexity index is 1070. The van der Waals surface area contributed by atoms with Crippen molar-refractivity contribution in [2.75, 3.05) is 6.54 Å². The summed E-state index contributed by atoms with van der Waals surface area (Å²) in [6.07, 6.45) is -3.32. The molecule has 0 rings (SSSR count). The van der Waals surface area contributed by atoms with E-state index in [9.17, 15) is 53.4 Å². The van der Waals surface area contributed by atoms with E-state index in [2.05, 4.69) is 10.6 Å². The van der Waals surface area contributed by atoms with Crippen LogP contribution in [0.4, 0.5) is 0 Å². The van der Waals surface area contributed by atoms with E-state index in [1.165, 1.54) is 0 Å². The van der Waals surface area contributed by atoms with Crippen molar-refractivity contribution in [2.45, 2.75) is 81.6 Å². The largest absolute Gasteiger partial charge is 0.481 e. The first-order valence-corrected chi connectivity index (χ1v) is 12.8. The topological polar surface area (TPSA) is 361 Å². The van der Waals surface area contributed by atoms with Crippen molar-refractivity contribution >= 4 is 53.4 Å². The molecule has 20 nitrogen and oxygen atoms in total. The lowest BCUT2D eigenvalue weighted by Crippen LogP contribution is -2.59. The highest BCUT2D eigenvalue weighted by Crippen LogP contribution is 2.06. The van der Waals surface area contributed by atoms with E-state index < -0.39 is 116 Å². The summed E-state index contributed by atoms with van der Waals surface area (Å²) in [4.78, 5) is 107. The van der Waals surface area contributed by atoms with Gasteiger partial charge in [0, 0.05) is 6.42 Å². The van der Waals surface area contributed by atoms with Crippen LogP contribution >= 0.6 is 0 Å². The molecular weight excluding hydrogens is 582 g/mol. The van der Waals surface area contributed by atoms with Crippen LogP contribution in [0.15, 0.2) is 0 Å². The molecule has 0 radical (unpaired) electrons. The number of rotatable bonds is 22. The number of unbranched alkanes of at least 4 members (excludes halogenated alkanes) is 1. The first kappa shape index (κ1) is 38.1. The van der Waals surface area contributed by atoms with Crippen molar-refractivity contribution in [3.63, 3.8) is 0 Å². The maximum absolute atomic E-state index is 13.0. The lowest BCUT2D eigenvalue weighted by atomic mass is 10.1. The number of carbonyl (C=O) groups is 9. The van der Waals surface area contributed by atoms with Gasteiger partial charge < -0.3 is 58.9 Å². The third-order valence-corrected chi connectivity index (χ3v) is 5.62. The third kappa shape index (κ3) is 16.2. The number of aliphatic carboxylic acids is 4. The summed E-state index contributed by atoms with van der Waals surface area (Å²) in [7, 11) is 0. The Labute approximate surface area is 244 Å². The molecule has 0 fully saturated rings. The molecular formula is C23H37N7O13. The van der Waals surface area contributed by atoms with E-state index in [1.807, 2.05) is 10.6 Å². The van der Waals surface area contributed by atoms with E-state index in [0.29, 0.717) is 6.42 Å². The summed E-state index contributed by atoms with van der Waals surface area (Å²) in [5, 5.41) is 44.4. The molecule has 0 saturated carbocycles.